The molecule has 0 bridgehead atoms. The Balaban J connectivity index is 4.46. The van der Waals surface area contributed by atoms with E-state index in [4.69, 9.17) is 14.2 Å². The highest BCUT2D eigenvalue weighted by Crippen LogP contribution is 2.13. The third-order valence-corrected chi connectivity index (χ3v) is 9.49. The lowest BCUT2D eigenvalue weighted by atomic mass is 10.1. The Morgan fingerprint density at radius 2 is 0.764 bits per heavy atom. The van der Waals surface area contributed by atoms with Gasteiger partial charge >= 0.3 is 17.9 Å². The SMILES string of the molecule is CC/C=C\C/C=C\CCCCCCCCCC(=O)OCC(COC(=O)CCCCCC/C=C\CCCC)OC(=O)CC/C=C\C/C=C\CCCCCCCC. The van der Waals surface area contributed by atoms with Gasteiger partial charge in [0.25, 0.3) is 0 Å². The molecule has 6 nitrogen and oxygen atoms in total. The van der Waals surface area contributed by atoms with E-state index in [1.165, 1.54) is 77.0 Å². The van der Waals surface area contributed by atoms with Crippen LogP contribution in [0, 0.1) is 0 Å². The van der Waals surface area contributed by atoms with E-state index in [1.807, 2.05) is 6.08 Å². The summed E-state index contributed by atoms with van der Waals surface area (Å²) in [5.74, 6) is -1.000. The van der Waals surface area contributed by atoms with Crippen LogP contribution in [0.3, 0.4) is 0 Å². The largest absolute Gasteiger partial charge is 0.462 e. The first-order valence-corrected chi connectivity index (χ1v) is 22.8. The molecule has 0 aliphatic rings. The fourth-order valence-corrected chi connectivity index (χ4v) is 6.04. The van der Waals surface area contributed by atoms with Gasteiger partial charge in [-0.25, -0.2) is 0 Å². The van der Waals surface area contributed by atoms with Crippen LogP contribution < -0.4 is 0 Å². The number of unbranched alkanes of at least 4 members (excludes halogenated alkanes) is 19. The van der Waals surface area contributed by atoms with Gasteiger partial charge in [-0.05, 0) is 83.5 Å². The summed E-state index contributed by atoms with van der Waals surface area (Å²) in [6.45, 7) is 6.39. The maximum atomic E-state index is 12.7. The quantitative estimate of drug-likeness (QED) is 0.0267. The van der Waals surface area contributed by atoms with Crippen LogP contribution in [-0.2, 0) is 28.6 Å². The maximum Gasteiger partial charge on any atom is 0.306 e. The topological polar surface area (TPSA) is 78.9 Å². The molecule has 0 N–H and O–H groups in total. The van der Waals surface area contributed by atoms with Gasteiger partial charge in [0, 0.05) is 19.3 Å². The van der Waals surface area contributed by atoms with Gasteiger partial charge in [0.05, 0.1) is 0 Å². The summed E-state index contributed by atoms with van der Waals surface area (Å²) in [5.41, 5.74) is 0. The van der Waals surface area contributed by atoms with Crippen LogP contribution in [0.25, 0.3) is 0 Å². The molecule has 0 fully saturated rings. The molecule has 316 valence electrons. The summed E-state index contributed by atoms with van der Waals surface area (Å²) in [5, 5.41) is 0. The van der Waals surface area contributed by atoms with Crippen molar-refractivity contribution in [2.75, 3.05) is 13.2 Å². The predicted octanol–water partition coefficient (Wildman–Crippen LogP) is 14.5. The number of ether oxygens (including phenoxy) is 3. The molecule has 6 heteroatoms. The molecule has 0 amide bonds. The fourth-order valence-electron chi connectivity index (χ4n) is 6.04. The van der Waals surface area contributed by atoms with Crippen molar-refractivity contribution in [2.45, 2.75) is 219 Å². The molecule has 0 aliphatic carbocycles. The number of allylic oxidation sites excluding steroid dienone is 10. The predicted molar refractivity (Wildman–Crippen MR) is 233 cm³/mol. The minimum Gasteiger partial charge on any atom is -0.462 e. The monoisotopic (exact) mass is 769 g/mol. The van der Waals surface area contributed by atoms with E-state index in [1.54, 1.807) is 0 Å². The van der Waals surface area contributed by atoms with E-state index in [2.05, 4.69) is 75.5 Å². The smallest absolute Gasteiger partial charge is 0.306 e. The highest BCUT2D eigenvalue weighted by Gasteiger charge is 2.19. The van der Waals surface area contributed by atoms with E-state index < -0.39 is 6.10 Å². The molecular formula is C49H84O6. The molecule has 0 saturated carbocycles. The number of rotatable bonds is 40. The second kappa shape index (κ2) is 43.8. The number of hydrogen-bond acceptors (Lipinski definition) is 6. The molecular weight excluding hydrogens is 685 g/mol. The molecule has 0 saturated heterocycles. The number of esters is 3. The van der Waals surface area contributed by atoms with Gasteiger partial charge in [0.15, 0.2) is 6.10 Å². The lowest BCUT2D eigenvalue weighted by molar-refractivity contribution is -0.166. The highest BCUT2D eigenvalue weighted by molar-refractivity contribution is 5.71. The maximum absolute atomic E-state index is 12.7. The first kappa shape index (κ1) is 52.1. The Hall–Kier alpha value is -2.89. The van der Waals surface area contributed by atoms with E-state index in [0.29, 0.717) is 19.3 Å². The third kappa shape index (κ3) is 42.1. The molecule has 0 aromatic heterocycles. The lowest BCUT2D eigenvalue weighted by Gasteiger charge is -2.18. The van der Waals surface area contributed by atoms with Crippen molar-refractivity contribution in [3.63, 3.8) is 0 Å². The van der Waals surface area contributed by atoms with Crippen molar-refractivity contribution >= 4 is 17.9 Å². The van der Waals surface area contributed by atoms with E-state index in [-0.39, 0.29) is 37.5 Å². The third-order valence-electron chi connectivity index (χ3n) is 9.49. The molecule has 0 spiro atoms. The Morgan fingerprint density at radius 1 is 0.382 bits per heavy atom. The summed E-state index contributed by atoms with van der Waals surface area (Å²) in [7, 11) is 0. The second-order valence-corrected chi connectivity index (χ2v) is 14.9. The van der Waals surface area contributed by atoms with Crippen LogP contribution in [0.5, 0.6) is 0 Å². The van der Waals surface area contributed by atoms with Gasteiger partial charge in [-0.15, -0.1) is 0 Å². The Bertz CT molecular complexity index is 1020. The molecule has 1 atom stereocenters. The van der Waals surface area contributed by atoms with Gasteiger partial charge in [-0.1, -0.05) is 171 Å². The van der Waals surface area contributed by atoms with Crippen molar-refractivity contribution < 1.29 is 28.6 Å². The van der Waals surface area contributed by atoms with E-state index in [9.17, 15) is 14.4 Å². The van der Waals surface area contributed by atoms with Gasteiger partial charge in [-0.2, -0.15) is 0 Å². The first-order chi connectivity index (χ1) is 27.0. The molecule has 0 heterocycles. The second-order valence-electron chi connectivity index (χ2n) is 14.9. The molecule has 0 aromatic rings. The minimum absolute atomic E-state index is 0.105. The molecule has 0 radical (unpaired) electrons. The number of carbonyl (C=O) groups is 3. The summed E-state index contributed by atoms with van der Waals surface area (Å²) >= 11 is 0. The fraction of sp³-hybridized carbons (Fsp3) is 0.735. The zero-order valence-electron chi connectivity index (χ0n) is 35.9. The Kier molecular flexibility index (Phi) is 41.5. The van der Waals surface area contributed by atoms with E-state index >= 15 is 0 Å². The zero-order valence-corrected chi connectivity index (χ0v) is 35.9. The van der Waals surface area contributed by atoms with Crippen LogP contribution in [0.15, 0.2) is 60.8 Å². The molecule has 1 unspecified atom stereocenters. The Labute approximate surface area is 339 Å². The zero-order chi connectivity index (χ0) is 40.1. The standard InChI is InChI=1S/C49H84O6/c1-4-7-10-13-16-19-22-24-26-27-30-33-36-39-42-48(51)54-45-46(44-53-47(50)41-38-35-32-29-21-18-15-12-9-6-3)55-49(52)43-40-37-34-31-28-25-23-20-17-14-11-8-5-2/h7,10,15-16,18-19,25,28,34,37,46H,4-6,8-9,11-14,17,20-24,26-27,29-33,35-36,38-45H2,1-3H3/b10-7-,18-15-,19-16-,28-25-,37-34-. The van der Waals surface area contributed by atoms with Crippen LogP contribution >= 0.6 is 0 Å². The van der Waals surface area contributed by atoms with Crippen LogP contribution in [0.1, 0.15) is 213 Å². The average molecular weight is 769 g/mol. The van der Waals surface area contributed by atoms with Crippen LogP contribution in [0.4, 0.5) is 0 Å². The van der Waals surface area contributed by atoms with Crippen molar-refractivity contribution in [1.29, 1.82) is 0 Å². The van der Waals surface area contributed by atoms with Gasteiger partial charge in [-0.3, -0.25) is 14.4 Å². The molecule has 55 heavy (non-hydrogen) atoms. The Morgan fingerprint density at radius 3 is 1.24 bits per heavy atom. The van der Waals surface area contributed by atoms with Crippen molar-refractivity contribution in [3.8, 4) is 0 Å². The van der Waals surface area contributed by atoms with Crippen molar-refractivity contribution in [2.24, 2.45) is 0 Å². The molecule has 0 aromatic carbocycles. The van der Waals surface area contributed by atoms with E-state index in [0.717, 1.165) is 89.9 Å². The van der Waals surface area contributed by atoms with Crippen LogP contribution in [-0.4, -0.2) is 37.2 Å². The normalized spacial score (nSPS) is 12.6. The van der Waals surface area contributed by atoms with Gasteiger partial charge < -0.3 is 14.2 Å². The lowest BCUT2D eigenvalue weighted by Crippen LogP contribution is -2.30. The minimum atomic E-state index is -0.809. The molecule has 0 aliphatic heterocycles. The van der Waals surface area contributed by atoms with Crippen LogP contribution in [0.2, 0.25) is 0 Å². The molecule has 0 rings (SSSR count). The van der Waals surface area contributed by atoms with Crippen molar-refractivity contribution in [1.82, 2.24) is 0 Å². The summed E-state index contributed by atoms with van der Waals surface area (Å²) in [6.07, 6.45) is 52.2. The van der Waals surface area contributed by atoms with Gasteiger partial charge in [0.2, 0.25) is 0 Å². The van der Waals surface area contributed by atoms with Crippen molar-refractivity contribution in [3.05, 3.63) is 60.8 Å². The average Bonchev–Trinajstić information content (AvgIpc) is 3.18. The van der Waals surface area contributed by atoms with Gasteiger partial charge in [0.1, 0.15) is 13.2 Å². The first-order valence-electron chi connectivity index (χ1n) is 22.8. The summed E-state index contributed by atoms with van der Waals surface area (Å²) < 4.78 is 16.6. The number of carbonyl (C=O) groups excluding carboxylic acids is 3. The summed E-state index contributed by atoms with van der Waals surface area (Å²) in [4.78, 5) is 37.7. The summed E-state index contributed by atoms with van der Waals surface area (Å²) in [6, 6.07) is 0. The highest BCUT2D eigenvalue weighted by atomic mass is 16.6. The number of hydrogen-bond donors (Lipinski definition) is 0.